The first-order chi connectivity index (χ1) is 8.84. The molecular formula is C16H13Br2N. The maximum Gasteiger partial charge on any atom is 0.212 e. The monoisotopic (exact) mass is 377 g/mol. The number of pyridine rings is 1. The van der Waals surface area contributed by atoms with Crippen LogP contribution in [0.1, 0.15) is 5.56 Å². The van der Waals surface area contributed by atoms with Gasteiger partial charge in [0.1, 0.15) is 0 Å². The van der Waals surface area contributed by atoms with Crippen molar-refractivity contribution in [2.75, 3.05) is 0 Å². The van der Waals surface area contributed by atoms with Crippen LogP contribution in [0.15, 0.2) is 71.3 Å². The molecule has 0 atom stereocenters. The Balaban J connectivity index is 0.00000133. The third-order valence-corrected chi connectivity index (χ3v) is 3.86. The fourth-order valence-electron chi connectivity index (χ4n) is 2.17. The van der Waals surface area contributed by atoms with E-state index in [1.165, 1.54) is 16.5 Å². The molecule has 0 saturated carbocycles. The summed E-state index contributed by atoms with van der Waals surface area (Å²) in [6.45, 7) is 0.878. The van der Waals surface area contributed by atoms with Gasteiger partial charge in [-0.15, -0.1) is 0 Å². The van der Waals surface area contributed by atoms with E-state index in [4.69, 9.17) is 0 Å². The van der Waals surface area contributed by atoms with Crippen molar-refractivity contribution in [3.8, 4) is 0 Å². The summed E-state index contributed by atoms with van der Waals surface area (Å²) < 4.78 is 3.43. The molecule has 2 aromatic carbocycles. The van der Waals surface area contributed by atoms with Crippen LogP contribution in [-0.2, 0) is 6.54 Å². The van der Waals surface area contributed by atoms with Gasteiger partial charge in [0.15, 0.2) is 12.7 Å². The second kappa shape index (κ2) is 6.31. The lowest BCUT2D eigenvalue weighted by Crippen LogP contribution is -3.00. The number of halogens is 2. The molecule has 0 N–H and O–H groups in total. The van der Waals surface area contributed by atoms with E-state index in [1.807, 2.05) is 6.07 Å². The molecule has 0 aliphatic carbocycles. The molecule has 3 rings (SSSR count). The number of fused-ring (bicyclic) bond motifs is 1. The van der Waals surface area contributed by atoms with Crippen LogP contribution in [-0.4, -0.2) is 0 Å². The van der Waals surface area contributed by atoms with Gasteiger partial charge in [-0.25, -0.2) is 0 Å². The molecule has 0 fully saturated rings. The standard InChI is InChI=1S/C16H13BrN.BrH/c17-15-9-3-1-7-14(15)12-18-11-5-8-13-6-2-4-10-16(13)18;/h1-11H,12H2;1H/q+1;/p-1. The van der Waals surface area contributed by atoms with E-state index in [0.29, 0.717) is 0 Å². The SMILES string of the molecule is Brc1ccccc1C[n+]1cccc2ccccc21.[Br-]. The molecule has 1 heterocycles. The minimum atomic E-state index is 0. The van der Waals surface area contributed by atoms with Crippen LogP contribution < -0.4 is 21.5 Å². The highest BCUT2D eigenvalue weighted by Gasteiger charge is 2.09. The first kappa shape index (κ1) is 14.2. The summed E-state index contributed by atoms with van der Waals surface area (Å²) in [5.74, 6) is 0. The number of hydrogen-bond acceptors (Lipinski definition) is 0. The molecule has 3 aromatic rings. The molecule has 1 nitrogen and oxygen atoms in total. The van der Waals surface area contributed by atoms with Gasteiger partial charge in [0.25, 0.3) is 0 Å². The van der Waals surface area contributed by atoms with Crippen LogP contribution in [0.25, 0.3) is 10.9 Å². The summed E-state index contributed by atoms with van der Waals surface area (Å²) in [6.07, 6.45) is 2.13. The predicted octanol–water partition coefficient (Wildman–Crippen LogP) is 0.942. The average molecular weight is 379 g/mol. The summed E-state index contributed by atoms with van der Waals surface area (Å²) >= 11 is 3.60. The van der Waals surface area contributed by atoms with Gasteiger partial charge in [-0.2, -0.15) is 4.57 Å². The third-order valence-electron chi connectivity index (χ3n) is 3.09. The van der Waals surface area contributed by atoms with Crippen molar-refractivity contribution in [3.05, 3.63) is 76.9 Å². The van der Waals surface area contributed by atoms with Crippen molar-refractivity contribution in [3.63, 3.8) is 0 Å². The minimum Gasteiger partial charge on any atom is -1.00 e. The van der Waals surface area contributed by atoms with Crippen molar-refractivity contribution in [1.29, 1.82) is 0 Å². The number of nitrogens with zero attached hydrogens (tertiary/aromatic N) is 1. The summed E-state index contributed by atoms with van der Waals surface area (Å²) in [6, 6.07) is 21.1. The van der Waals surface area contributed by atoms with Crippen LogP contribution in [0, 0.1) is 0 Å². The van der Waals surface area contributed by atoms with Crippen molar-refractivity contribution < 1.29 is 21.5 Å². The Morgan fingerprint density at radius 3 is 2.37 bits per heavy atom. The van der Waals surface area contributed by atoms with Crippen LogP contribution in [0.3, 0.4) is 0 Å². The molecule has 0 radical (unpaired) electrons. The van der Waals surface area contributed by atoms with Gasteiger partial charge in [-0.3, -0.25) is 0 Å². The zero-order valence-electron chi connectivity index (χ0n) is 10.3. The zero-order chi connectivity index (χ0) is 12.4. The smallest absolute Gasteiger partial charge is 0.212 e. The van der Waals surface area contributed by atoms with Gasteiger partial charge in [0.2, 0.25) is 5.52 Å². The van der Waals surface area contributed by atoms with Crippen molar-refractivity contribution in [2.45, 2.75) is 6.54 Å². The molecular weight excluding hydrogens is 366 g/mol. The molecule has 3 heteroatoms. The van der Waals surface area contributed by atoms with E-state index in [-0.39, 0.29) is 17.0 Å². The highest BCUT2D eigenvalue weighted by molar-refractivity contribution is 9.10. The van der Waals surface area contributed by atoms with E-state index >= 15 is 0 Å². The van der Waals surface area contributed by atoms with Gasteiger partial charge in [-0.1, -0.05) is 46.3 Å². The fourth-order valence-corrected chi connectivity index (χ4v) is 2.58. The Labute approximate surface area is 131 Å². The highest BCUT2D eigenvalue weighted by Crippen LogP contribution is 2.16. The number of rotatable bonds is 2. The van der Waals surface area contributed by atoms with Crippen LogP contribution in [0.4, 0.5) is 0 Å². The Morgan fingerprint density at radius 1 is 0.842 bits per heavy atom. The molecule has 0 aliphatic heterocycles. The first-order valence-electron chi connectivity index (χ1n) is 5.95. The number of benzene rings is 2. The van der Waals surface area contributed by atoms with Crippen LogP contribution in [0.5, 0.6) is 0 Å². The van der Waals surface area contributed by atoms with Gasteiger partial charge < -0.3 is 17.0 Å². The van der Waals surface area contributed by atoms with E-state index < -0.39 is 0 Å². The molecule has 0 amide bonds. The van der Waals surface area contributed by atoms with E-state index in [9.17, 15) is 0 Å². The average Bonchev–Trinajstić information content (AvgIpc) is 2.42. The predicted molar refractivity (Wildman–Crippen MR) is 77.4 cm³/mol. The van der Waals surface area contributed by atoms with E-state index in [1.54, 1.807) is 0 Å². The van der Waals surface area contributed by atoms with E-state index in [0.717, 1.165) is 11.0 Å². The summed E-state index contributed by atoms with van der Waals surface area (Å²) in [4.78, 5) is 0. The lowest BCUT2D eigenvalue weighted by molar-refractivity contribution is -0.662. The number of aromatic nitrogens is 1. The topological polar surface area (TPSA) is 3.88 Å². The Kier molecular flexibility index (Phi) is 4.72. The van der Waals surface area contributed by atoms with E-state index in [2.05, 4.69) is 81.3 Å². The van der Waals surface area contributed by atoms with Crippen LogP contribution >= 0.6 is 15.9 Å². The van der Waals surface area contributed by atoms with Crippen molar-refractivity contribution in [1.82, 2.24) is 0 Å². The Morgan fingerprint density at radius 2 is 1.53 bits per heavy atom. The lowest BCUT2D eigenvalue weighted by atomic mass is 10.2. The summed E-state index contributed by atoms with van der Waals surface area (Å²) in [5, 5.41) is 1.27. The molecule has 1 aromatic heterocycles. The molecule has 0 aliphatic rings. The second-order valence-corrected chi connectivity index (χ2v) is 5.14. The van der Waals surface area contributed by atoms with Gasteiger partial charge >= 0.3 is 0 Å². The van der Waals surface area contributed by atoms with Gasteiger partial charge in [0.05, 0.1) is 0 Å². The second-order valence-electron chi connectivity index (χ2n) is 4.29. The molecule has 0 spiro atoms. The Hall–Kier alpha value is -1.19. The molecule has 0 unspecified atom stereocenters. The fraction of sp³-hybridized carbons (Fsp3) is 0.0625. The maximum absolute atomic E-state index is 3.60. The zero-order valence-corrected chi connectivity index (χ0v) is 13.4. The van der Waals surface area contributed by atoms with Gasteiger partial charge in [0, 0.05) is 27.6 Å². The Bertz CT molecular complexity index is 690. The quantitative estimate of drug-likeness (QED) is 0.584. The highest BCUT2D eigenvalue weighted by atomic mass is 79.9. The summed E-state index contributed by atoms with van der Waals surface area (Å²) in [7, 11) is 0. The van der Waals surface area contributed by atoms with Crippen molar-refractivity contribution in [2.24, 2.45) is 0 Å². The number of para-hydroxylation sites is 1. The third kappa shape index (κ3) is 3.04. The lowest BCUT2D eigenvalue weighted by Gasteiger charge is -2.03. The maximum atomic E-state index is 3.60. The number of hydrogen-bond donors (Lipinski definition) is 0. The summed E-state index contributed by atoms with van der Waals surface area (Å²) in [5.41, 5.74) is 2.55. The minimum absolute atomic E-state index is 0. The van der Waals surface area contributed by atoms with Gasteiger partial charge in [-0.05, 0) is 18.2 Å². The normalized spacial score (nSPS) is 10.2. The van der Waals surface area contributed by atoms with Crippen LogP contribution in [0.2, 0.25) is 0 Å². The molecule has 0 bridgehead atoms. The molecule has 19 heavy (non-hydrogen) atoms. The molecule has 0 saturated heterocycles. The molecule has 96 valence electrons. The largest absolute Gasteiger partial charge is 1.00 e. The van der Waals surface area contributed by atoms with Crippen molar-refractivity contribution >= 4 is 26.8 Å². The first-order valence-corrected chi connectivity index (χ1v) is 6.74.